The third-order valence-electron chi connectivity index (χ3n) is 2.92. The number of nitrogens with one attached hydrogen (secondary N) is 1. The lowest BCUT2D eigenvalue weighted by atomic mass is 10.0. The van der Waals surface area contributed by atoms with E-state index in [0.29, 0.717) is 10.2 Å². The summed E-state index contributed by atoms with van der Waals surface area (Å²) in [4.78, 5) is 11.9. The summed E-state index contributed by atoms with van der Waals surface area (Å²) < 4.78 is 19.1. The fourth-order valence-electron chi connectivity index (χ4n) is 1.33. The highest BCUT2D eigenvalue weighted by Gasteiger charge is 2.23. The predicted molar refractivity (Wildman–Crippen MR) is 76.7 cm³/mol. The van der Waals surface area contributed by atoms with E-state index >= 15 is 0 Å². The van der Waals surface area contributed by atoms with E-state index in [2.05, 4.69) is 21.2 Å². The Morgan fingerprint density at radius 3 is 2.68 bits per heavy atom. The molecule has 0 radical (unpaired) electrons. The second kappa shape index (κ2) is 6.37. The second-order valence-electron chi connectivity index (χ2n) is 5.06. The summed E-state index contributed by atoms with van der Waals surface area (Å²) in [6.45, 7) is 7.52. The summed E-state index contributed by atoms with van der Waals surface area (Å²) >= 11 is 3.06. The maximum absolute atomic E-state index is 13.3. The number of hydrogen-bond acceptors (Lipinski definition) is 2. The third-order valence-corrected chi connectivity index (χ3v) is 3.56. The van der Waals surface area contributed by atoms with Gasteiger partial charge in [0.05, 0.1) is 4.47 Å². The van der Waals surface area contributed by atoms with Gasteiger partial charge in [0.1, 0.15) is 11.6 Å². The fourth-order valence-corrected chi connectivity index (χ4v) is 1.58. The first-order chi connectivity index (χ1) is 8.75. The zero-order chi connectivity index (χ0) is 14.6. The first kappa shape index (κ1) is 16.0. The number of amides is 1. The van der Waals surface area contributed by atoms with Crippen molar-refractivity contribution in [3.63, 3.8) is 0 Å². The number of carbonyl (C=O) groups excluding carboxylic acids is 1. The van der Waals surface area contributed by atoms with Crippen molar-refractivity contribution in [2.45, 2.75) is 45.8 Å². The molecule has 0 aliphatic rings. The van der Waals surface area contributed by atoms with E-state index in [1.807, 2.05) is 20.8 Å². The Bertz CT molecular complexity index is 463. The molecule has 0 fully saturated rings. The highest BCUT2D eigenvalue weighted by molar-refractivity contribution is 9.10. The molecule has 0 aromatic heterocycles. The second-order valence-corrected chi connectivity index (χ2v) is 5.92. The van der Waals surface area contributed by atoms with Crippen molar-refractivity contribution in [3.05, 3.63) is 28.5 Å². The minimum Gasteiger partial charge on any atom is -0.481 e. The maximum Gasteiger partial charge on any atom is 0.261 e. The number of halogens is 2. The molecular formula is C14H19BrFNO2. The van der Waals surface area contributed by atoms with Crippen molar-refractivity contribution >= 4 is 21.8 Å². The zero-order valence-electron chi connectivity index (χ0n) is 11.6. The summed E-state index contributed by atoms with van der Waals surface area (Å²) in [6, 6.07) is 4.41. The summed E-state index contributed by atoms with van der Waals surface area (Å²) in [6.07, 6.45) is 0.143. The Hall–Kier alpha value is -1.10. The van der Waals surface area contributed by atoms with Crippen LogP contribution in [-0.2, 0) is 4.79 Å². The van der Waals surface area contributed by atoms with E-state index < -0.39 is 11.9 Å². The van der Waals surface area contributed by atoms with Crippen LogP contribution in [0.25, 0.3) is 0 Å². The molecule has 106 valence electrons. The molecule has 3 nitrogen and oxygen atoms in total. The van der Waals surface area contributed by atoms with Crippen LogP contribution in [0.2, 0.25) is 0 Å². The summed E-state index contributed by atoms with van der Waals surface area (Å²) in [5.74, 6) is -0.299. The van der Waals surface area contributed by atoms with E-state index in [1.54, 1.807) is 19.1 Å². The van der Waals surface area contributed by atoms with Crippen LogP contribution in [0.3, 0.4) is 0 Å². The van der Waals surface area contributed by atoms with Crippen molar-refractivity contribution in [1.82, 2.24) is 5.32 Å². The number of carbonyl (C=O) groups is 1. The molecule has 1 amide bonds. The summed E-state index contributed by atoms with van der Waals surface area (Å²) in [5, 5.41) is 2.89. The lowest BCUT2D eigenvalue weighted by Gasteiger charge is -2.26. The van der Waals surface area contributed by atoms with Crippen molar-refractivity contribution < 1.29 is 13.9 Å². The van der Waals surface area contributed by atoms with Gasteiger partial charge in [0.2, 0.25) is 0 Å². The number of benzene rings is 1. The Morgan fingerprint density at radius 1 is 1.53 bits per heavy atom. The smallest absolute Gasteiger partial charge is 0.261 e. The van der Waals surface area contributed by atoms with Crippen molar-refractivity contribution in [1.29, 1.82) is 0 Å². The van der Waals surface area contributed by atoms with Crippen LogP contribution in [0.1, 0.15) is 34.1 Å². The minimum absolute atomic E-state index is 0.213. The molecule has 0 aliphatic heterocycles. The molecule has 5 heteroatoms. The first-order valence-corrected chi connectivity index (χ1v) is 6.98. The molecule has 1 atom stereocenters. The molecular weight excluding hydrogens is 313 g/mol. The molecule has 0 heterocycles. The molecule has 0 saturated carbocycles. The molecule has 19 heavy (non-hydrogen) atoms. The third kappa shape index (κ3) is 4.82. The normalized spacial score (nSPS) is 12.9. The largest absolute Gasteiger partial charge is 0.481 e. The molecule has 1 aromatic carbocycles. The number of rotatable bonds is 5. The molecule has 1 N–H and O–H groups in total. The zero-order valence-corrected chi connectivity index (χ0v) is 13.2. The van der Waals surface area contributed by atoms with Crippen LogP contribution in [0.5, 0.6) is 5.75 Å². The molecule has 0 spiro atoms. The molecule has 0 saturated heterocycles. The van der Waals surface area contributed by atoms with E-state index in [4.69, 9.17) is 4.74 Å². The maximum atomic E-state index is 13.3. The predicted octanol–water partition coefficient (Wildman–Crippen LogP) is 3.66. The van der Waals surface area contributed by atoms with Crippen LogP contribution in [-0.4, -0.2) is 17.6 Å². The Labute approximate surface area is 121 Å². The summed E-state index contributed by atoms with van der Waals surface area (Å²) in [7, 11) is 0. The molecule has 0 aliphatic carbocycles. The van der Waals surface area contributed by atoms with Gasteiger partial charge in [-0.25, -0.2) is 4.39 Å². The topological polar surface area (TPSA) is 38.3 Å². The highest BCUT2D eigenvalue weighted by atomic mass is 79.9. The molecule has 1 unspecified atom stereocenters. The lowest BCUT2D eigenvalue weighted by molar-refractivity contribution is -0.128. The van der Waals surface area contributed by atoms with Gasteiger partial charge >= 0.3 is 0 Å². The average molecular weight is 332 g/mol. The van der Waals surface area contributed by atoms with E-state index in [1.165, 1.54) is 6.07 Å². The van der Waals surface area contributed by atoms with Crippen molar-refractivity contribution in [3.8, 4) is 5.75 Å². The Balaban J connectivity index is 2.66. The van der Waals surface area contributed by atoms with Crippen molar-refractivity contribution in [2.75, 3.05) is 0 Å². The Morgan fingerprint density at radius 2 is 2.16 bits per heavy atom. The average Bonchev–Trinajstić information content (AvgIpc) is 2.33. The minimum atomic E-state index is -0.675. The fraction of sp³-hybridized carbons (Fsp3) is 0.500. The molecule has 1 aromatic rings. The van der Waals surface area contributed by atoms with E-state index in [0.717, 1.165) is 6.42 Å². The molecule has 0 bridgehead atoms. The van der Waals surface area contributed by atoms with Crippen LogP contribution in [0, 0.1) is 5.82 Å². The van der Waals surface area contributed by atoms with Gasteiger partial charge in [-0.3, -0.25) is 4.79 Å². The SMILES string of the molecule is CCC(C)(C)NC(=O)C(C)Oc1ccc(Br)c(F)c1. The van der Waals surface area contributed by atoms with Crippen LogP contribution in [0.15, 0.2) is 22.7 Å². The first-order valence-electron chi connectivity index (χ1n) is 6.19. The highest BCUT2D eigenvalue weighted by Crippen LogP contribution is 2.21. The molecule has 1 rings (SSSR count). The van der Waals surface area contributed by atoms with E-state index in [-0.39, 0.29) is 11.4 Å². The van der Waals surface area contributed by atoms with Gasteiger partial charge in [-0.15, -0.1) is 0 Å². The van der Waals surface area contributed by atoms with Crippen LogP contribution < -0.4 is 10.1 Å². The van der Waals surface area contributed by atoms with Crippen molar-refractivity contribution in [2.24, 2.45) is 0 Å². The van der Waals surface area contributed by atoms with Gasteiger partial charge in [0.25, 0.3) is 5.91 Å². The van der Waals surface area contributed by atoms with Gasteiger partial charge in [0, 0.05) is 11.6 Å². The van der Waals surface area contributed by atoms with E-state index in [9.17, 15) is 9.18 Å². The van der Waals surface area contributed by atoms with Gasteiger partial charge < -0.3 is 10.1 Å². The standard InChI is InChI=1S/C14H19BrFNO2/c1-5-14(3,4)17-13(18)9(2)19-10-6-7-11(15)12(16)8-10/h6-9H,5H2,1-4H3,(H,17,18). The van der Waals surface area contributed by atoms with Crippen LogP contribution >= 0.6 is 15.9 Å². The van der Waals surface area contributed by atoms with Gasteiger partial charge in [-0.1, -0.05) is 6.92 Å². The quantitative estimate of drug-likeness (QED) is 0.894. The monoisotopic (exact) mass is 331 g/mol. The van der Waals surface area contributed by atoms with Crippen LogP contribution in [0.4, 0.5) is 4.39 Å². The number of ether oxygens (including phenoxy) is 1. The van der Waals surface area contributed by atoms with Gasteiger partial charge in [0.15, 0.2) is 6.10 Å². The number of hydrogen-bond donors (Lipinski definition) is 1. The van der Waals surface area contributed by atoms with Gasteiger partial charge in [-0.2, -0.15) is 0 Å². The summed E-state index contributed by atoms with van der Waals surface area (Å²) in [5.41, 5.74) is -0.278. The Kier molecular flexibility index (Phi) is 5.35. The van der Waals surface area contributed by atoms with Gasteiger partial charge in [-0.05, 0) is 55.3 Å². The lowest BCUT2D eigenvalue weighted by Crippen LogP contribution is -2.48.